The second-order valence-electron chi connectivity index (χ2n) is 8.40. The van der Waals surface area contributed by atoms with Gasteiger partial charge in [-0.1, -0.05) is 48.9 Å². The molecule has 5 heteroatoms. The Bertz CT molecular complexity index is 853. The van der Waals surface area contributed by atoms with E-state index in [4.69, 9.17) is 5.73 Å². The number of para-hydroxylation sites is 1. The molecule has 0 radical (unpaired) electrons. The van der Waals surface area contributed by atoms with E-state index in [0.29, 0.717) is 29.6 Å². The van der Waals surface area contributed by atoms with E-state index in [-0.39, 0.29) is 23.8 Å². The van der Waals surface area contributed by atoms with Crippen molar-refractivity contribution in [2.45, 2.75) is 44.7 Å². The predicted octanol–water partition coefficient (Wildman–Crippen LogP) is 3.71. The number of carbonyl (C=O) groups is 2. The molecular weight excluding hydrogens is 362 g/mol. The summed E-state index contributed by atoms with van der Waals surface area (Å²) in [6, 6.07) is 17.2. The van der Waals surface area contributed by atoms with Gasteiger partial charge in [0.15, 0.2) is 0 Å². The fraction of sp³-hybridized carbons (Fsp3) is 0.417. The van der Waals surface area contributed by atoms with Crippen LogP contribution in [0.15, 0.2) is 54.6 Å². The highest BCUT2D eigenvalue weighted by atomic mass is 16.2. The van der Waals surface area contributed by atoms with Crippen molar-refractivity contribution in [3.05, 3.63) is 65.7 Å². The first-order chi connectivity index (χ1) is 14.1. The second-order valence-corrected chi connectivity index (χ2v) is 8.40. The maximum absolute atomic E-state index is 13.0. The quantitative estimate of drug-likeness (QED) is 0.726. The van der Waals surface area contributed by atoms with Crippen LogP contribution in [0.3, 0.4) is 0 Å². The maximum Gasteiger partial charge on any atom is 0.253 e. The van der Waals surface area contributed by atoms with Gasteiger partial charge in [-0.3, -0.25) is 9.59 Å². The third-order valence-corrected chi connectivity index (χ3v) is 6.51. The maximum atomic E-state index is 13.0. The van der Waals surface area contributed by atoms with Gasteiger partial charge in [0.2, 0.25) is 5.91 Å². The van der Waals surface area contributed by atoms with E-state index in [9.17, 15) is 9.59 Å². The van der Waals surface area contributed by atoms with E-state index in [1.165, 1.54) is 6.42 Å². The van der Waals surface area contributed by atoms with Gasteiger partial charge < -0.3 is 16.4 Å². The zero-order valence-electron chi connectivity index (χ0n) is 16.6. The van der Waals surface area contributed by atoms with Crippen molar-refractivity contribution in [3.63, 3.8) is 0 Å². The number of nitrogens with one attached hydrogen (secondary N) is 2. The predicted molar refractivity (Wildman–Crippen MR) is 114 cm³/mol. The van der Waals surface area contributed by atoms with Crippen molar-refractivity contribution in [2.24, 2.45) is 23.5 Å². The topological polar surface area (TPSA) is 84.2 Å². The van der Waals surface area contributed by atoms with Crippen LogP contribution in [0.2, 0.25) is 0 Å². The molecule has 2 atom stereocenters. The summed E-state index contributed by atoms with van der Waals surface area (Å²) in [4.78, 5) is 25.7. The van der Waals surface area contributed by atoms with Crippen molar-refractivity contribution in [2.75, 3.05) is 5.32 Å². The Kier molecular flexibility index (Phi) is 5.95. The molecule has 0 heterocycles. The van der Waals surface area contributed by atoms with E-state index < -0.39 is 0 Å². The molecule has 2 aromatic rings. The highest BCUT2D eigenvalue weighted by molar-refractivity contribution is 6.04. The molecule has 2 amide bonds. The Morgan fingerprint density at radius 2 is 1.59 bits per heavy atom. The number of anilines is 1. The second kappa shape index (κ2) is 8.78. The van der Waals surface area contributed by atoms with Gasteiger partial charge in [-0.15, -0.1) is 0 Å². The van der Waals surface area contributed by atoms with Gasteiger partial charge in [0, 0.05) is 18.5 Å². The van der Waals surface area contributed by atoms with E-state index in [2.05, 4.69) is 10.6 Å². The zero-order valence-corrected chi connectivity index (χ0v) is 16.6. The van der Waals surface area contributed by atoms with Crippen LogP contribution >= 0.6 is 0 Å². The monoisotopic (exact) mass is 391 g/mol. The van der Waals surface area contributed by atoms with Crippen molar-refractivity contribution >= 4 is 17.5 Å². The molecule has 0 saturated heterocycles. The molecule has 4 N–H and O–H groups in total. The molecule has 29 heavy (non-hydrogen) atoms. The standard InChI is InChI=1S/C24H29N3O2/c25-22-17-9-6-10-18(22)14-19(13-17)23(28)27-21-12-5-4-11-20(21)24(29)26-15-16-7-2-1-3-8-16/h1-5,7-8,11-12,17-19,22H,6,9-10,13-15,25H2,(H,26,29)(H,27,28). The fourth-order valence-electron chi connectivity index (χ4n) is 4.90. The van der Waals surface area contributed by atoms with E-state index in [0.717, 1.165) is 31.2 Å². The smallest absolute Gasteiger partial charge is 0.253 e. The number of nitrogens with two attached hydrogens (primary N) is 1. The summed E-state index contributed by atoms with van der Waals surface area (Å²) in [5.41, 5.74) is 8.46. The highest BCUT2D eigenvalue weighted by Gasteiger charge is 2.40. The molecule has 2 fully saturated rings. The average molecular weight is 392 g/mol. The summed E-state index contributed by atoms with van der Waals surface area (Å²) in [7, 11) is 0. The number of carbonyl (C=O) groups excluding carboxylic acids is 2. The molecule has 2 bridgehead atoms. The molecule has 2 aromatic carbocycles. The summed E-state index contributed by atoms with van der Waals surface area (Å²) >= 11 is 0. The van der Waals surface area contributed by atoms with Gasteiger partial charge in [-0.2, -0.15) is 0 Å². The largest absolute Gasteiger partial charge is 0.348 e. The first-order valence-corrected chi connectivity index (χ1v) is 10.6. The van der Waals surface area contributed by atoms with Crippen molar-refractivity contribution in [3.8, 4) is 0 Å². The Morgan fingerprint density at radius 3 is 2.31 bits per heavy atom. The number of rotatable bonds is 5. The lowest BCUT2D eigenvalue weighted by Gasteiger charge is -2.43. The van der Waals surface area contributed by atoms with Crippen LogP contribution in [0.1, 0.15) is 48.0 Å². The van der Waals surface area contributed by atoms with Gasteiger partial charge in [0.05, 0.1) is 11.3 Å². The summed E-state index contributed by atoms with van der Waals surface area (Å²) in [6.07, 6.45) is 5.18. The van der Waals surface area contributed by atoms with Gasteiger partial charge in [-0.25, -0.2) is 0 Å². The Hall–Kier alpha value is -2.66. The first-order valence-electron chi connectivity index (χ1n) is 10.6. The summed E-state index contributed by atoms with van der Waals surface area (Å²) in [5, 5.41) is 5.96. The van der Waals surface area contributed by atoms with Gasteiger partial charge in [-0.05, 0) is 55.2 Å². The molecular formula is C24H29N3O2. The molecule has 0 aliphatic heterocycles. The summed E-state index contributed by atoms with van der Waals surface area (Å²) in [5.74, 6) is 0.695. The van der Waals surface area contributed by atoms with E-state index in [1.54, 1.807) is 12.1 Å². The SMILES string of the molecule is NC1C2CCCC1CC(C(=O)Nc1ccccc1C(=O)NCc1ccccc1)C2. The number of amides is 2. The van der Waals surface area contributed by atoms with Crippen LogP contribution in [-0.4, -0.2) is 17.9 Å². The number of hydrogen-bond donors (Lipinski definition) is 3. The van der Waals surface area contributed by atoms with Crippen molar-refractivity contribution in [1.82, 2.24) is 5.32 Å². The lowest BCUT2D eigenvalue weighted by Crippen LogP contribution is -2.48. The normalized spacial score (nSPS) is 25.8. The molecule has 4 rings (SSSR count). The molecule has 2 saturated carbocycles. The van der Waals surface area contributed by atoms with Gasteiger partial charge >= 0.3 is 0 Å². The van der Waals surface area contributed by atoms with Crippen LogP contribution < -0.4 is 16.4 Å². The van der Waals surface area contributed by atoms with Gasteiger partial charge in [0.1, 0.15) is 0 Å². The third-order valence-electron chi connectivity index (χ3n) is 6.51. The average Bonchev–Trinajstić information content (AvgIpc) is 2.73. The summed E-state index contributed by atoms with van der Waals surface area (Å²) < 4.78 is 0. The minimum atomic E-state index is -0.188. The Labute approximate surface area is 172 Å². The number of hydrogen-bond acceptors (Lipinski definition) is 3. The van der Waals surface area contributed by atoms with Crippen molar-refractivity contribution in [1.29, 1.82) is 0 Å². The molecule has 2 unspecified atom stereocenters. The lowest BCUT2D eigenvalue weighted by molar-refractivity contribution is -0.122. The van der Waals surface area contributed by atoms with Crippen LogP contribution in [0, 0.1) is 17.8 Å². The minimum absolute atomic E-state index is 0.0112. The minimum Gasteiger partial charge on any atom is -0.348 e. The van der Waals surface area contributed by atoms with Crippen LogP contribution in [-0.2, 0) is 11.3 Å². The van der Waals surface area contributed by atoms with Crippen molar-refractivity contribution < 1.29 is 9.59 Å². The van der Waals surface area contributed by atoms with Gasteiger partial charge in [0.25, 0.3) is 5.91 Å². The molecule has 2 aliphatic rings. The van der Waals surface area contributed by atoms with Crippen LogP contribution in [0.5, 0.6) is 0 Å². The van der Waals surface area contributed by atoms with Crippen LogP contribution in [0.4, 0.5) is 5.69 Å². The van der Waals surface area contributed by atoms with E-state index in [1.807, 2.05) is 42.5 Å². The number of benzene rings is 2. The molecule has 0 spiro atoms. The van der Waals surface area contributed by atoms with Crippen LogP contribution in [0.25, 0.3) is 0 Å². The fourth-order valence-corrected chi connectivity index (χ4v) is 4.90. The molecule has 5 nitrogen and oxygen atoms in total. The Balaban J connectivity index is 1.41. The number of fused-ring (bicyclic) bond motifs is 2. The third kappa shape index (κ3) is 4.51. The highest BCUT2D eigenvalue weighted by Crippen LogP contribution is 2.42. The molecule has 152 valence electrons. The lowest BCUT2D eigenvalue weighted by atomic mass is 9.65. The first kappa shape index (κ1) is 19.6. The zero-order chi connectivity index (χ0) is 20.2. The van der Waals surface area contributed by atoms with E-state index >= 15 is 0 Å². The molecule has 0 aromatic heterocycles. The molecule has 2 aliphatic carbocycles. The Morgan fingerprint density at radius 1 is 0.931 bits per heavy atom. The summed E-state index contributed by atoms with van der Waals surface area (Å²) in [6.45, 7) is 0.450.